The van der Waals surface area contributed by atoms with Crippen molar-refractivity contribution in [3.63, 3.8) is 0 Å². The number of hydrogen-bond acceptors (Lipinski definition) is 4. The SMILES string of the molecule is CNC(=O)C(Cc1ccccc1)N(Cc1ccccc1)C(=O)CN(c1ccccc1F)S(=O)(=O)N(C)C. The van der Waals surface area contributed by atoms with Gasteiger partial charge in [-0.15, -0.1) is 0 Å². The highest BCUT2D eigenvalue weighted by Gasteiger charge is 2.35. The molecule has 196 valence electrons. The second-order valence-corrected chi connectivity index (χ2v) is 10.6. The van der Waals surface area contributed by atoms with E-state index in [1.54, 1.807) is 0 Å². The fraction of sp³-hybridized carbons (Fsp3) is 0.259. The standard InChI is InChI=1S/C27H31FN4O4S/c1-29-27(34)25(18-21-12-6-4-7-13-21)31(19-22-14-8-5-9-15-22)26(33)20-32(37(35,36)30(2)3)24-17-11-10-16-23(24)28/h4-17,25H,18-20H2,1-3H3,(H,29,34). The topological polar surface area (TPSA) is 90.0 Å². The van der Waals surface area contributed by atoms with Crippen molar-refractivity contribution in [3.8, 4) is 0 Å². The molecule has 0 aliphatic heterocycles. The van der Waals surface area contributed by atoms with Crippen LogP contribution in [0.5, 0.6) is 0 Å². The zero-order valence-corrected chi connectivity index (χ0v) is 21.9. The molecule has 0 spiro atoms. The van der Waals surface area contributed by atoms with E-state index < -0.39 is 40.4 Å². The van der Waals surface area contributed by atoms with Crippen molar-refractivity contribution in [2.45, 2.75) is 19.0 Å². The van der Waals surface area contributed by atoms with E-state index in [1.165, 1.54) is 44.2 Å². The van der Waals surface area contributed by atoms with Crippen molar-refractivity contribution >= 4 is 27.7 Å². The van der Waals surface area contributed by atoms with Crippen LogP contribution >= 0.6 is 0 Å². The first kappa shape index (κ1) is 27.8. The Morgan fingerprint density at radius 1 is 0.865 bits per heavy atom. The molecule has 3 aromatic rings. The Morgan fingerprint density at radius 3 is 1.95 bits per heavy atom. The summed E-state index contributed by atoms with van der Waals surface area (Å²) in [5, 5.41) is 2.62. The van der Waals surface area contributed by atoms with Crippen LogP contribution in [0, 0.1) is 5.82 Å². The van der Waals surface area contributed by atoms with Gasteiger partial charge in [-0.05, 0) is 23.3 Å². The van der Waals surface area contributed by atoms with Gasteiger partial charge in [0.25, 0.3) is 0 Å². The lowest BCUT2D eigenvalue weighted by Crippen LogP contribution is -2.54. The number of carbonyl (C=O) groups is 2. The fourth-order valence-electron chi connectivity index (χ4n) is 3.86. The average Bonchev–Trinajstić information content (AvgIpc) is 2.90. The minimum absolute atomic E-state index is 0.0533. The summed E-state index contributed by atoms with van der Waals surface area (Å²) in [6.07, 6.45) is 0.208. The van der Waals surface area contributed by atoms with Crippen LogP contribution in [0.4, 0.5) is 10.1 Å². The maximum absolute atomic E-state index is 14.7. The summed E-state index contributed by atoms with van der Waals surface area (Å²) >= 11 is 0. The number of amides is 2. The van der Waals surface area contributed by atoms with Crippen molar-refractivity contribution in [2.75, 3.05) is 32.0 Å². The molecular weight excluding hydrogens is 495 g/mol. The van der Waals surface area contributed by atoms with Gasteiger partial charge in [-0.2, -0.15) is 12.7 Å². The first-order valence-corrected chi connectivity index (χ1v) is 13.1. The van der Waals surface area contributed by atoms with Crippen LogP contribution in [0.25, 0.3) is 0 Å². The summed E-state index contributed by atoms with van der Waals surface area (Å²) in [4.78, 5) is 28.3. The van der Waals surface area contributed by atoms with Gasteiger partial charge >= 0.3 is 10.2 Å². The predicted molar refractivity (Wildman–Crippen MR) is 141 cm³/mol. The van der Waals surface area contributed by atoms with Gasteiger partial charge < -0.3 is 10.2 Å². The third kappa shape index (κ3) is 6.93. The molecule has 0 heterocycles. The molecule has 10 heteroatoms. The van der Waals surface area contributed by atoms with Crippen LogP contribution in [0.2, 0.25) is 0 Å². The molecule has 1 unspecified atom stereocenters. The van der Waals surface area contributed by atoms with E-state index in [0.29, 0.717) is 0 Å². The lowest BCUT2D eigenvalue weighted by molar-refractivity contribution is -0.139. The van der Waals surface area contributed by atoms with Gasteiger partial charge in [0.15, 0.2) is 0 Å². The highest BCUT2D eigenvalue weighted by atomic mass is 32.2. The largest absolute Gasteiger partial charge is 0.357 e. The summed E-state index contributed by atoms with van der Waals surface area (Å²) in [6, 6.07) is 22.7. The molecule has 0 fully saturated rings. The molecule has 1 atom stereocenters. The van der Waals surface area contributed by atoms with Crippen molar-refractivity contribution in [1.82, 2.24) is 14.5 Å². The summed E-state index contributed by atoms with van der Waals surface area (Å²) in [7, 11) is -0.161. The van der Waals surface area contributed by atoms with Gasteiger partial charge in [0.1, 0.15) is 18.4 Å². The molecular formula is C27H31FN4O4S. The van der Waals surface area contributed by atoms with Crippen LogP contribution in [0.3, 0.4) is 0 Å². The normalized spacial score (nSPS) is 12.1. The lowest BCUT2D eigenvalue weighted by atomic mass is 10.0. The van der Waals surface area contributed by atoms with E-state index in [9.17, 15) is 22.4 Å². The van der Waals surface area contributed by atoms with Gasteiger partial charge in [-0.25, -0.2) is 8.70 Å². The Labute approximate surface area is 217 Å². The van der Waals surface area contributed by atoms with Gasteiger partial charge in [0, 0.05) is 34.1 Å². The van der Waals surface area contributed by atoms with E-state index in [2.05, 4.69) is 5.32 Å². The molecule has 0 radical (unpaired) electrons. The van der Waals surface area contributed by atoms with Crippen molar-refractivity contribution in [3.05, 3.63) is 102 Å². The van der Waals surface area contributed by atoms with Crippen LogP contribution in [-0.4, -0.2) is 63.2 Å². The predicted octanol–water partition coefficient (Wildman–Crippen LogP) is 2.82. The zero-order chi connectivity index (χ0) is 27.0. The summed E-state index contributed by atoms with van der Waals surface area (Å²) in [5.74, 6) is -1.84. The summed E-state index contributed by atoms with van der Waals surface area (Å²) < 4.78 is 42.8. The first-order chi connectivity index (χ1) is 17.6. The Morgan fingerprint density at radius 2 is 1.41 bits per heavy atom. The molecule has 3 aromatic carbocycles. The number of rotatable bonds is 11. The zero-order valence-electron chi connectivity index (χ0n) is 21.0. The number of halogens is 1. The third-order valence-electron chi connectivity index (χ3n) is 5.85. The van der Waals surface area contributed by atoms with Crippen molar-refractivity contribution in [1.29, 1.82) is 0 Å². The Bertz CT molecular complexity index is 1300. The number of para-hydroxylation sites is 1. The number of anilines is 1. The average molecular weight is 527 g/mol. The fourth-order valence-corrected chi connectivity index (χ4v) is 4.92. The molecule has 0 saturated carbocycles. The van der Waals surface area contributed by atoms with Gasteiger partial charge in [-0.1, -0.05) is 72.8 Å². The van der Waals surface area contributed by atoms with Crippen molar-refractivity contribution < 1.29 is 22.4 Å². The van der Waals surface area contributed by atoms with Crippen LogP contribution in [0.15, 0.2) is 84.9 Å². The number of benzene rings is 3. The molecule has 0 bridgehead atoms. The summed E-state index contributed by atoms with van der Waals surface area (Å²) in [6.45, 7) is -0.645. The molecule has 8 nitrogen and oxygen atoms in total. The number of carbonyl (C=O) groups excluding carboxylic acids is 2. The maximum Gasteiger partial charge on any atom is 0.304 e. The minimum Gasteiger partial charge on any atom is -0.357 e. The van der Waals surface area contributed by atoms with E-state index in [1.807, 2.05) is 60.7 Å². The molecule has 1 N–H and O–H groups in total. The monoisotopic (exact) mass is 526 g/mol. The van der Waals surface area contributed by atoms with Gasteiger partial charge in [0.05, 0.1) is 5.69 Å². The highest BCUT2D eigenvalue weighted by molar-refractivity contribution is 7.90. The molecule has 0 aliphatic rings. The Kier molecular flexibility index (Phi) is 9.37. The van der Waals surface area contributed by atoms with Crippen LogP contribution in [-0.2, 0) is 32.8 Å². The smallest absolute Gasteiger partial charge is 0.304 e. The molecule has 3 rings (SSSR count). The second kappa shape index (κ2) is 12.5. The maximum atomic E-state index is 14.7. The quantitative estimate of drug-likeness (QED) is 0.416. The molecule has 37 heavy (non-hydrogen) atoms. The number of likely N-dealkylation sites (N-methyl/N-ethyl adjacent to an activating group) is 1. The first-order valence-electron chi connectivity index (χ1n) is 11.7. The number of nitrogens with zero attached hydrogens (tertiary/aromatic N) is 3. The molecule has 0 aliphatic carbocycles. The van der Waals surface area contributed by atoms with E-state index >= 15 is 0 Å². The molecule has 2 amide bonds. The lowest BCUT2D eigenvalue weighted by Gasteiger charge is -2.34. The Hall–Kier alpha value is -3.76. The summed E-state index contributed by atoms with van der Waals surface area (Å²) in [5.41, 5.74) is 1.32. The van der Waals surface area contributed by atoms with Crippen molar-refractivity contribution in [2.24, 2.45) is 0 Å². The number of hydrogen-bond donors (Lipinski definition) is 1. The molecule has 0 saturated heterocycles. The van der Waals surface area contributed by atoms with Gasteiger partial charge in [-0.3, -0.25) is 9.59 Å². The number of nitrogens with one attached hydrogen (secondary N) is 1. The highest BCUT2D eigenvalue weighted by Crippen LogP contribution is 2.24. The second-order valence-electron chi connectivity index (χ2n) is 8.58. The molecule has 0 aromatic heterocycles. The van der Waals surface area contributed by atoms with Crippen LogP contribution in [0.1, 0.15) is 11.1 Å². The van der Waals surface area contributed by atoms with Crippen LogP contribution < -0.4 is 9.62 Å². The van der Waals surface area contributed by atoms with E-state index in [0.717, 1.165) is 25.8 Å². The Balaban J connectivity index is 2.06. The van der Waals surface area contributed by atoms with E-state index in [4.69, 9.17) is 0 Å². The minimum atomic E-state index is -4.25. The van der Waals surface area contributed by atoms with Gasteiger partial charge in [0.2, 0.25) is 11.8 Å². The van der Waals surface area contributed by atoms with E-state index in [-0.39, 0.29) is 18.7 Å². The third-order valence-corrected chi connectivity index (χ3v) is 7.66.